The predicted octanol–water partition coefficient (Wildman–Crippen LogP) is 4.30. The first kappa shape index (κ1) is 46.9. The van der Waals surface area contributed by atoms with Crippen LogP contribution in [0.15, 0.2) is 78.9 Å². The molecule has 3 aromatic rings. The minimum absolute atomic E-state index is 0.0256. The highest BCUT2D eigenvalue weighted by atomic mass is 16.6. The van der Waals surface area contributed by atoms with Crippen molar-refractivity contribution >= 4 is 29.7 Å². The normalized spacial score (nSPS) is 29.4. The molecule has 64 heavy (non-hydrogen) atoms. The number of rotatable bonds is 19. The molecular formula is C49H60N2O13. The number of phenols is 3. The van der Waals surface area contributed by atoms with Crippen LogP contribution in [-0.2, 0) is 35.0 Å². The number of hydrogen-bond acceptors (Lipinski definition) is 14. The van der Waals surface area contributed by atoms with Gasteiger partial charge in [0.2, 0.25) is 0 Å². The van der Waals surface area contributed by atoms with Crippen LogP contribution in [0.3, 0.4) is 0 Å². The van der Waals surface area contributed by atoms with Gasteiger partial charge in [-0.3, -0.25) is 9.59 Å². The fourth-order valence-electron chi connectivity index (χ4n) is 10.3. The summed E-state index contributed by atoms with van der Waals surface area (Å²) in [5.74, 6) is -5.61. The van der Waals surface area contributed by atoms with Crippen LogP contribution < -0.4 is 15.8 Å². The average molecular weight is 885 g/mol. The number of benzene rings is 3. The van der Waals surface area contributed by atoms with Crippen molar-refractivity contribution in [3.05, 3.63) is 95.6 Å². The van der Waals surface area contributed by atoms with Gasteiger partial charge in [-0.05, 0) is 97.6 Å². The van der Waals surface area contributed by atoms with E-state index in [1.54, 1.807) is 6.07 Å². The number of nitrogens with two attached hydrogens (primary N) is 1. The first-order chi connectivity index (χ1) is 30.8. The lowest BCUT2D eigenvalue weighted by Crippen LogP contribution is -2.80. The van der Waals surface area contributed by atoms with Crippen LogP contribution in [0.2, 0.25) is 0 Å². The first-order valence-corrected chi connectivity index (χ1v) is 22.2. The topological polar surface area (TPSA) is 248 Å². The summed E-state index contributed by atoms with van der Waals surface area (Å²) < 4.78 is 25.8. The van der Waals surface area contributed by atoms with Crippen molar-refractivity contribution in [2.75, 3.05) is 39.5 Å². The monoisotopic (exact) mass is 884 g/mol. The third-order valence-corrected chi connectivity index (χ3v) is 13.6. The highest BCUT2D eigenvalue weighted by Gasteiger charge is 2.73. The maximum absolute atomic E-state index is 15.1. The van der Waals surface area contributed by atoms with Gasteiger partial charge >= 0.3 is 5.97 Å². The molecule has 0 aromatic heterocycles. The molecule has 2 saturated heterocycles. The number of nitrogens with one attached hydrogen (secondary N) is 1. The number of hydrogen-bond donors (Lipinski definition) is 8. The second-order valence-electron chi connectivity index (χ2n) is 17.7. The molecule has 4 aliphatic rings. The predicted molar refractivity (Wildman–Crippen MR) is 236 cm³/mol. The van der Waals surface area contributed by atoms with Crippen molar-refractivity contribution in [2.24, 2.45) is 23.5 Å². The van der Waals surface area contributed by atoms with Gasteiger partial charge in [0.25, 0.3) is 0 Å². The summed E-state index contributed by atoms with van der Waals surface area (Å²) in [6.45, 7) is -0.746. The minimum atomic E-state index is -2.24. The highest BCUT2D eigenvalue weighted by molar-refractivity contribution is 6.01. The van der Waals surface area contributed by atoms with Crippen LogP contribution in [0.4, 0.5) is 0 Å². The van der Waals surface area contributed by atoms with Gasteiger partial charge in [0, 0.05) is 44.0 Å². The summed E-state index contributed by atoms with van der Waals surface area (Å²) in [6, 6.07) is 18.6. The van der Waals surface area contributed by atoms with Gasteiger partial charge in [-0.2, -0.15) is 0 Å². The van der Waals surface area contributed by atoms with E-state index in [2.05, 4.69) is 5.32 Å². The number of carboxylic acids is 1. The quantitative estimate of drug-likeness (QED) is 0.0618. The zero-order valence-electron chi connectivity index (χ0n) is 35.8. The SMILES string of the molecule is NCCOc1ccc(/C=C/C(=O)CO[C@@]2(C(=O)O)C[C@@H](O)[C@H]3OC[C@H](CCc4ccccc4)C[C@@]4(C(=O)/C=C/c5ccc(O)c(O)c5)O[C@]3(CNC3CCCC3)[C@@H]2C[C@@H]4CO)cc1O. The number of aliphatic hydroxyl groups is 2. The molecule has 15 heteroatoms. The van der Waals surface area contributed by atoms with Gasteiger partial charge in [-0.1, -0.05) is 67.5 Å². The molecule has 2 bridgehead atoms. The second kappa shape index (κ2) is 20.4. The molecule has 0 unspecified atom stereocenters. The Bertz CT molecular complexity index is 2180. The van der Waals surface area contributed by atoms with Crippen molar-refractivity contribution < 1.29 is 64.0 Å². The number of carbonyl (C=O) groups excluding carboxylic acids is 2. The van der Waals surface area contributed by atoms with Gasteiger partial charge in [0.15, 0.2) is 40.2 Å². The van der Waals surface area contributed by atoms with Crippen LogP contribution in [0.25, 0.3) is 12.2 Å². The van der Waals surface area contributed by atoms with Crippen molar-refractivity contribution in [1.29, 1.82) is 0 Å². The zero-order chi connectivity index (χ0) is 45.5. The van der Waals surface area contributed by atoms with E-state index in [1.807, 2.05) is 30.3 Å². The van der Waals surface area contributed by atoms with Crippen molar-refractivity contribution in [3.8, 4) is 23.0 Å². The summed E-state index contributed by atoms with van der Waals surface area (Å²) in [4.78, 5) is 42.5. The number of ketones is 2. The number of carbonyl (C=O) groups is 3. The molecule has 4 fully saturated rings. The van der Waals surface area contributed by atoms with Gasteiger partial charge in [-0.15, -0.1) is 0 Å². The highest BCUT2D eigenvalue weighted by Crippen LogP contribution is 2.58. The number of aromatic hydroxyl groups is 3. The van der Waals surface area contributed by atoms with Gasteiger partial charge < -0.3 is 60.6 Å². The third-order valence-electron chi connectivity index (χ3n) is 13.6. The van der Waals surface area contributed by atoms with E-state index in [9.17, 15) is 40.2 Å². The Hall–Kier alpha value is -5.13. The average Bonchev–Trinajstić information content (AvgIpc) is 3.81. The Morgan fingerprint density at radius 3 is 2.31 bits per heavy atom. The van der Waals surface area contributed by atoms with E-state index >= 15 is 4.79 Å². The number of ether oxygens (including phenoxy) is 4. The van der Waals surface area contributed by atoms with Gasteiger partial charge in [0.05, 0.1) is 12.7 Å². The van der Waals surface area contributed by atoms with Crippen LogP contribution in [-0.4, -0.2) is 123 Å². The number of fused-ring (bicyclic) bond motifs is 1. The lowest BCUT2D eigenvalue weighted by molar-refractivity contribution is -0.345. The number of aliphatic carboxylic acids is 1. The summed E-state index contributed by atoms with van der Waals surface area (Å²) in [7, 11) is 0. The number of carboxylic acid groups (broad SMARTS) is 1. The molecule has 15 nitrogen and oxygen atoms in total. The van der Waals surface area contributed by atoms with Crippen LogP contribution in [0.1, 0.15) is 68.1 Å². The van der Waals surface area contributed by atoms with Gasteiger partial charge in [-0.25, -0.2) is 4.79 Å². The van der Waals surface area contributed by atoms with Crippen LogP contribution in [0.5, 0.6) is 23.0 Å². The molecule has 2 saturated carbocycles. The lowest BCUT2D eigenvalue weighted by atomic mass is 9.55. The maximum atomic E-state index is 15.1. The number of aryl methyl sites for hydroxylation is 1. The van der Waals surface area contributed by atoms with E-state index < -0.39 is 78.0 Å². The Kier molecular flexibility index (Phi) is 14.9. The second-order valence-corrected chi connectivity index (χ2v) is 17.7. The van der Waals surface area contributed by atoms with E-state index in [0.717, 1.165) is 31.2 Å². The van der Waals surface area contributed by atoms with Crippen molar-refractivity contribution in [3.63, 3.8) is 0 Å². The molecule has 9 N–H and O–H groups in total. The molecule has 2 aliphatic carbocycles. The molecule has 7 rings (SSSR count). The molecule has 2 aliphatic heterocycles. The summed E-state index contributed by atoms with van der Waals surface area (Å²) >= 11 is 0. The summed E-state index contributed by atoms with van der Waals surface area (Å²) in [5.41, 5.74) is 1.73. The Morgan fingerprint density at radius 1 is 0.906 bits per heavy atom. The third kappa shape index (κ3) is 9.91. The first-order valence-electron chi connectivity index (χ1n) is 22.2. The maximum Gasteiger partial charge on any atom is 0.336 e. The molecule has 0 spiro atoms. The van der Waals surface area contributed by atoms with E-state index in [-0.39, 0.29) is 74.1 Å². The van der Waals surface area contributed by atoms with E-state index in [4.69, 9.17) is 24.7 Å². The summed E-state index contributed by atoms with van der Waals surface area (Å²) in [6.07, 6.45) is 7.22. The fourth-order valence-corrected chi connectivity index (χ4v) is 10.3. The molecule has 344 valence electrons. The van der Waals surface area contributed by atoms with Crippen molar-refractivity contribution in [1.82, 2.24) is 5.32 Å². The molecule has 3 aromatic carbocycles. The minimum Gasteiger partial charge on any atom is -0.504 e. The van der Waals surface area contributed by atoms with E-state index in [0.29, 0.717) is 24.0 Å². The molecule has 8 atom stereocenters. The lowest BCUT2D eigenvalue weighted by Gasteiger charge is -2.65. The number of aliphatic hydroxyl groups excluding tert-OH is 2. The molecule has 2 heterocycles. The Morgan fingerprint density at radius 2 is 1.62 bits per heavy atom. The van der Waals surface area contributed by atoms with Crippen LogP contribution >= 0.6 is 0 Å². The van der Waals surface area contributed by atoms with Crippen LogP contribution in [0, 0.1) is 17.8 Å². The van der Waals surface area contributed by atoms with Crippen molar-refractivity contribution in [2.45, 2.75) is 92.8 Å². The zero-order valence-corrected chi connectivity index (χ0v) is 35.8. The Balaban J connectivity index is 1.26. The largest absolute Gasteiger partial charge is 0.504 e. The van der Waals surface area contributed by atoms with Gasteiger partial charge in [0.1, 0.15) is 30.5 Å². The molecule has 0 amide bonds. The van der Waals surface area contributed by atoms with E-state index in [1.165, 1.54) is 54.6 Å². The molecular weight excluding hydrogens is 825 g/mol. The summed E-state index contributed by atoms with van der Waals surface area (Å²) in [5, 5.41) is 69.0. The Labute approximate surface area is 372 Å². The smallest absolute Gasteiger partial charge is 0.336 e. The standard InChI is InChI=1S/C49H60N2O13/c50-20-21-61-42-18-14-32(23-40(42)56)12-16-37(53)29-63-48(46(59)60)26-41(57)45-49(30-51-36-8-4-5-9-36)43(48)24-35(27-52)47(64-49,44(58)19-15-33-13-17-38(54)39(55)22-33)25-34(28-62-45)11-10-31-6-2-1-3-7-31/h1-3,6-7,12-19,22-23,34-36,41,43,45,51-52,54-57H,4-5,8-11,20-21,24-30,50H2,(H,59,60)/b16-12+,19-15+/t34-,35-,41-,43-,45-,47-,48+,49-/m1/s1. The molecule has 0 radical (unpaired) electrons. The fraction of sp³-hybridized carbons (Fsp3) is 0.490. The number of phenolic OH excluding ortho intramolecular Hbond substituents is 3.